The van der Waals surface area contributed by atoms with Gasteiger partial charge in [-0.3, -0.25) is 4.79 Å². The second-order valence-corrected chi connectivity index (χ2v) is 5.52. The van der Waals surface area contributed by atoms with Crippen LogP contribution in [0.1, 0.15) is 12.6 Å². The third kappa shape index (κ3) is 1.94. The normalized spacial score (nSPS) is 26.4. The molecule has 2 aromatic rings. The lowest BCUT2D eigenvalue weighted by atomic mass is 10.2. The summed E-state index contributed by atoms with van der Waals surface area (Å²) in [5.41, 5.74) is 5.69. The van der Waals surface area contributed by atoms with Gasteiger partial charge in [-0.2, -0.15) is 5.10 Å². The molecule has 0 spiro atoms. The van der Waals surface area contributed by atoms with Gasteiger partial charge in [0.15, 0.2) is 5.82 Å². The SMILES string of the molecule is Nc1n[nH]c(=O)c2c1c(Br)cn2[C@H]1C[C@H](O)[C@@H](CO)O1. The molecule has 8 nitrogen and oxygen atoms in total. The Hall–Kier alpha value is -1.42. The van der Waals surface area contributed by atoms with Crippen molar-refractivity contribution in [2.75, 3.05) is 12.3 Å². The van der Waals surface area contributed by atoms with Crippen LogP contribution in [-0.2, 0) is 4.74 Å². The Kier molecular flexibility index (Phi) is 3.28. The molecule has 20 heavy (non-hydrogen) atoms. The standard InChI is InChI=1S/C11H13BrN4O4/c12-4-2-16(7-1-5(18)6(3-17)20-7)9-8(4)10(13)14-15-11(9)19/h2,5-7,17-18H,1,3H2,(H2,13,14)(H,15,19)/t5-,6+,7+/m0/s1. The van der Waals surface area contributed by atoms with Gasteiger partial charge >= 0.3 is 0 Å². The minimum Gasteiger partial charge on any atom is -0.394 e. The molecule has 3 rings (SSSR count). The lowest BCUT2D eigenvalue weighted by Gasteiger charge is -2.14. The summed E-state index contributed by atoms with van der Waals surface area (Å²) in [5, 5.41) is 25.4. The molecule has 0 saturated carbocycles. The number of fused-ring (bicyclic) bond motifs is 1. The number of halogens is 1. The Labute approximate surface area is 121 Å². The quantitative estimate of drug-likeness (QED) is 0.593. The van der Waals surface area contributed by atoms with E-state index in [9.17, 15) is 9.90 Å². The second-order valence-electron chi connectivity index (χ2n) is 4.66. The van der Waals surface area contributed by atoms with E-state index in [4.69, 9.17) is 15.6 Å². The number of H-pyrrole nitrogens is 1. The molecule has 108 valence electrons. The van der Waals surface area contributed by atoms with E-state index in [1.807, 2.05) is 0 Å². The van der Waals surface area contributed by atoms with Gasteiger partial charge in [-0.15, -0.1) is 0 Å². The smallest absolute Gasteiger partial charge is 0.288 e. The predicted molar refractivity (Wildman–Crippen MR) is 74.1 cm³/mol. The fraction of sp³-hybridized carbons (Fsp3) is 0.455. The van der Waals surface area contributed by atoms with E-state index < -0.39 is 24.0 Å². The molecule has 2 aromatic heterocycles. The number of hydrogen-bond donors (Lipinski definition) is 4. The molecule has 5 N–H and O–H groups in total. The minimum atomic E-state index is -0.778. The average molecular weight is 345 g/mol. The Bertz CT molecular complexity index is 712. The summed E-state index contributed by atoms with van der Waals surface area (Å²) in [6, 6.07) is 0. The maximum Gasteiger partial charge on any atom is 0.288 e. The first-order chi connectivity index (χ1) is 9.52. The molecule has 9 heteroatoms. The number of hydrogen-bond acceptors (Lipinski definition) is 6. The van der Waals surface area contributed by atoms with Crippen LogP contribution < -0.4 is 11.3 Å². The Morgan fingerprint density at radius 1 is 1.65 bits per heavy atom. The number of rotatable bonds is 2. The molecular formula is C11H13BrN4O4. The van der Waals surface area contributed by atoms with Crippen LogP contribution in [0.4, 0.5) is 5.82 Å². The van der Waals surface area contributed by atoms with Crippen molar-refractivity contribution in [2.24, 2.45) is 0 Å². The highest BCUT2D eigenvalue weighted by Crippen LogP contribution is 2.35. The Morgan fingerprint density at radius 2 is 2.40 bits per heavy atom. The summed E-state index contributed by atoms with van der Waals surface area (Å²) in [4.78, 5) is 12.0. The molecule has 1 saturated heterocycles. The first kappa shape index (κ1) is 13.6. The maximum absolute atomic E-state index is 12.0. The van der Waals surface area contributed by atoms with Gasteiger partial charge in [0, 0.05) is 17.1 Å². The maximum atomic E-state index is 12.0. The Morgan fingerprint density at radius 3 is 3.05 bits per heavy atom. The number of aliphatic hydroxyl groups excluding tert-OH is 2. The van der Waals surface area contributed by atoms with Gasteiger partial charge in [-0.05, 0) is 15.9 Å². The van der Waals surface area contributed by atoms with Gasteiger partial charge in [0.2, 0.25) is 0 Å². The molecule has 0 aromatic carbocycles. The van der Waals surface area contributed by atoms with Crippen molar-refractivity contribution in [1.82, 2.24) is 14.8 Å². The van der Waals surface area contributed by atoms with Crippen LogP contribution in [0.2, 0.25) is 0 Å². The van der Waals surface area contributed by atoms with E-state index in [1.54, 1.807) is 10.8 Å². The second kappa shape index (κ2) is 4.85. The Balaban J connectivity index is 2.14. The predicted octanol–water partition coefficient (Wildman–Crippen LogP) is -0.290. The average Bonchev–Trinajstić information content (AvgIpc) is 2.95. The number of nitrogen functional groups attached to an aromatic ring is 1. The summed E-state index contributed by atoms with van der Waals surface area (Å²) in [6.45, 7) is -0.280. The molecule has 0 unspecified atom stereocenters. The molecule has 1 aliphatic rings. The molecule has 0 amide bonds. The molecule has 3 atom stereocenters. The van der Waals surface area contributed by atoms with Gasteiger partial charge in [0.25, 0.3) is 5.56 Å². The molecule has 0 aliphatic carbocycles. The number of aliphatic hydroxyl groups is 2. The van der Waals surface area contributed by atoms with Crippen LogP contribution in [0.25, 0.3) is 10.9 Å². The van der Waals surface area contributed by atoms with E-state index in [1.165, 1.54) is 0 Å². The van der Waals surface area contributed by atoms with Crippen molar-refractivity contribution < 1.29 is 14.9 Å². The summed E-state index contributed by atoms with van der Waals surface area (Å²) in [7, 11) is 0. The van der Waals surface area contributed by atoms with Crippen LogP contribution in [0.5, 0.6) is 0 Å². The van der Waals surface area contributed by atoms with Crippen molar-refractivity contribution in [3.05, 3.63) is 21.0 Å². The highest BCUT2D eigenvalue weighted by Gasteiger charge is 2.35. The van der Waals surface area contributed by atoms with Crippen molar-refractivity contribution in [1.29, 1.82) is 0 Å². The molecule has 0 bridgehead atoms. The summed E-state index contributed by atoms with van der Waals surface area (Å²) in [5.74, 6) is 0.197. The highest BCUT2D eigenvalue weighted by molar-refractivity contribution is 9.10. The zero-order chi connectivity index (χ0) is 14.4. The van der Waals surface area contributed by atoms with Gasteiger partial charge in [0.1, 0.15) is 17.8 Å². The van der Waals surface area contributed by atoms with Crippen LogP contribution in [0, 0.1) is 0 Å². The number of nitrogens with one attached hydrogen (secondary N) is 1. The molecule has 0 radical (unpaired) electrons. The topological polar surface area (TPSA) is 126 Å². The highest BCUT2D eigenvalue weighted by atomic mass is 79.9. The zero-order valence-electron chi connectivity index (χ0n) is 10.3. The molecule has 1 fully saturated rings. The third-order valence-corrected chi connectivity index (χ3v) is 4.03. The number of aromatic amines is 1. The molecular weight excluding hydrogens is 332 g/mol. The van der Waals surface area contributed by atoms with Crippen LogP contribution in [-0.4, -0.2) is 43.8 Å². The van der Waals surface area contributed by atoms with Crippen molar-refractivity contribution in [3.8, 4) is 0 Å². The van der Waals surface area contributed by atoms with Crippen molar-refractivity contribution in [2.45, 2.75) is 24.9 Å². The summed E-state index contributed by atoms with van der Waals surface area (Å²) in [6.07, 6.45) is -0.0362. The minimum absolute atomic E-state index is 0.197. The van der Waals surface area contributed by atoms with Crippen LogP contribution in [0.3, 0.4) is 0 Å². The zero-order valence-corrected chi connectivity index (χ0v) is 11.9. The van der Waals surface area contributed by atoms with E-state index in [-0.39, 0.29) is 18.8 Å². The third-order valence-electron chi connectivity index (χ3n) is 3.43. The van der Waals surface area contributed by atoms with E-state index >= 15 is 0 Å². The first-order valence-corrected chi connectivity index (χ1v) is 6.80. The van der Waals surface area contributed by atoms with Gasteiger partial charge in [-0.1, -0.05) is 0 Å². The molecule has 1 aliphatic heterocycles. The number of aromatic nitrogens is 3. The summed E-state index contributed by atoms with van der Waals surface area (Å²) >= 11 is 3.34. The van der Waals surface area contributed by atoms with Crippen LogP contribution >= 0.6 is 15.9 Å². The van der Waals surface area contributed by atoms with E-state index in [0.29, 0.717) is 15.4 Å². The van der Waals surface area contributed by atoms with Crippen LogP contribution in [0.15, 0.2) is 15.5 Å². The molecule has 3 heterocycles. The van der Waals surface area contributed by atoms with Crippen molar-refractivity contribution >= 4 is 32.7 Å². The fourth-order valence-corrected chi connectivity index (χ4v) is 3.08. The van der Waals surface area contributed by atoms with Gasteiger partial charge in [0.05, 0.1) is 18.1 Å². The largest absolute Gasteiger partial charge is 0.394 e. The number of anilines is 1. The number of ether oxygens (including phenoxy) is 1. The van der Waals surface area contributed by atoms with Gasteiger partial charge < -0.3 is 25.3 Å². The van der Waals surface area contributed by atoms with E-state index in [0.717, 1.165) is 0 Å². The van der Waals surface area contributed by atoms with E-state index in [2.05, 4.69) is 26.1 Å². The monoisotopic (exact) mass is 344 g/mol. The summed E-state index contributed by atoms with van der Waals surface area (Å²) < 4.78 is 7.77. The van der Waals surface area contributed by atoms with Crippen molar-refractivity contribution in [3.63, 3.8) is 0 Å². The lowest BCUT2D eigenvalue weighted by molar-refractivity contribution is -0.0429. The number of nitrogens with zero attached hydrogens (tertiary/aromatic N) is 2. The van der Waals surface area contributed by atoms with Gasteiger partial charge in [-0.25, -0.2) is 5.10 Å². The first-order valence-electron chi connectivity index (χ1n) is 6.01. The fourth-order valence-electron chi connectivity index (χ4n) is 2.47. The number of nitrogens with two attached hydrogens (primary N) is 1. The lowest BCUT2D eigenvalue weighted by Crippen LogP contribution is -2.24.